The molecular formula is C23H38N2OS. The number of hydrogen-bond donors (Lipinski definition) is 1. The molecule has 4 heteroatoms. The van der Waals surface area contributed by atoms with E-state index in [0.29, 0.717) is 0 Å². The summed E-state index contributed by atoms with van der Waals surface area (Å²) < 4.78 is 8.03. The summed E-state index contributed by atoms with van der Waals surface area (Å²) >= 11 is 1.80. The van der Waals surface area contributed by atoms with E-state index in [9.17, 15) is 0 Å². The molecule has 0 aromatic heterocycles. The first kappa shape index (κ1) is 22.0. The van der Waals surface area contributed by atoms with Crippen LogP contribution in [0.25, 0.3) is 0 Å². The van der Waals surface area contributed by atoms with Crippen LogP contribution < -0.4 is 14.6 Å². The van der Waals surface area contributed by atoms with Crippen LogP contribution in [0.3, 0.4) is 0 Å². The van der Waals surface area contributed by atoms with Crippen LogP contribution in [0.2, 0.25) is 0 Å². The van der Waals surface area contributed by atoms with Crippen molar-refractivity contribution in [2.75, 3.05) is 11.0 Å². The number of allylic oxidation sites excluding steroid dienone is 1. The van der Waals surface area contributed by atoms with Crippen LogP contribution in [0.15, 0.2) is 35.4 Å². The Morgan fingerprint density at radius 2 is 1.44 bits per heavy atom. The van der Waals surface area contributed by atoms with Gasteiger partial charge < -0.3 is 4.74 Å². The number of rotatable bonds is 15. The topological polar surface area (TPSA) is 24.5 Å². The van der Waals surface area contributed by atoms with Crippen LogP contribution in [0, 0.1) is 0 Å². The van der Waals surface area contributed by atoms with Crippen molar-refractivity contribution in [2.45, 2.75) is 90.9 Å². The maximum atomic E-state index is 5.90. The van der Waals surface area contributed by atoms with Gasteiger partial charge in [-0.25, -0.2) is 4.41 Å². The third-order valence-electron chi connectivity index (χ3n) is 4.92. The lowest BCUT2D eigenvalue weighted by Crippen LogP contribution is -2.22. The van der Waals surface area contributed by atoms with E-state index in [0.717, 1.165) is 18.8 Å². The first-order valence-electron chi connectivity index (χ1n) is 11.0. The van der Waals surface area contributed by atoms with E-state index in [-0.39, 0.29) is 0 Å². The summed E-state index contributed by atoms with van der Waals surface area (Å²) in [4.78, 5) is 1.42. The molecule has 2 rings (SSSR count). The van der Waals surface area contributed by atoms with Gasteiger partial charge in [0, 0.05) is 23.1 Å². The normalized spacial score (nSPS) is 13.6. The van der Waals surface area contributed by atoms with Crippen molar-refractivity contribution in [2.24, 2.45) is 0 Å². The van der Waals surface area contributed by atoms with Crippen LogP contribution in [-0.4, -0.2) is 6.61 Å². The monoisotopic (exact) mass is 390 g/mol. The largest absolute Gasteiger partial charge is 0.494 e. The maximum absolute atomic E-state index is 5.90. The molecule has 1 aliphatic rings. The van der Waals surface area contributed by atoms with Crippen molar-refractivity contribution in [3.05, 3.63) is 35.4 Å². The third kappa shape index (κ3) is 8.96. The Balaban J connectivity index is 1.56. The standard InChI is InChI=1S/C23H38N2OS/c1-3-5-7-8-9-10-11-13-19-26-22-17-15-21(16-18-22)25-24-20-23(27-25)14-12-6-4-2/h15-18,20,24H,3-14,19H2,1-2H3. The summed E-state index contributed by atoms with van der Waals surface area (Å²) in [5.41, 5.74) is 4.52. The molecule has 0 radical (unpaired) electrons. The highest BCUT2D eigenvalue weighted by molar-refractivity contribution is 8.04. The summed E-state index contributed by atoms with van der Waals surface area (Å²) in [6.45, 7) is 5.35. The van der Waals surface area contributed by atoms with Crippen molar-refractivity contribution in [3.63, 3.8) is 0 Å². The molecule has 0 atom stereocenters. The summed E-state index contributed by atoms with van der Waals surface area (Å²) in [6.07, 6.45) is 17.8. The first-order valence-corrected chi connectivity index (χ1v) is 11.8. The number of nitrogens with one attached hydrogen (secondary N) is 1. The molecule has 0 spiro atoms. The number of hydrazine groups is 1. The van der Waals surface area contributed by atoms with E-state index in [1.165, 1.54) is 81.2 Å². The Labute approximate surface area is 171 Å². The number of hydrogen-bond acceptors (Lipinski definition) is 4. The lowest BCUT2D eigenvalue weighted by molar-refractivity contribution is 0.304. The number of benzene rings is 1. The molecule has 0 saturated heterocycles. The minimum atomic E-state index is 0.828. The summed E-state index contributed by atoms with van der Waals surface area (Å²) in [5.74, 6) is 0.974. The van der Waals surface area contributed by atoms with E-state index in [1.54, 1.807) is 11.9 Å². The van der Waals surface area contributed by atoms with Crippen LogP contribution in [-0.2, 0) is 0 Å². The van der Waals surface area contributed by atoms with E-state index in [1.807, 2.05) is 0 Å². The highest BCUT2D eigenvalue weighted by Gasteiger charge is 2.15. The van der Waals surface area contributed by atoms with Crippen LogP contribution in [0.4, 0.5) is 5.69 Å². The minimum absolute atomic E-state index is 0.828. The molecule has 3 nitrogen and oxygen atoms in total. The zero-order valence-corrected chi connectivity index (χ0v) is 18.2. The van der Waals surface area contributed by atoms with Crippen molar-refractivity contribution >= 4 is 17.6 Å². The molecule has 0 amide bonds. The average molecular weight is 391 g/mol. The molecule has 1 N–H and O–H groups in total. The van der Waals surface area contributed by atoms with Gasteiger partial charge >= 0.3 is 0 Å². The molecule has 152 valence electrons. The fourth-order valence-corrected chi connectivity index (χ4v) is 4.11. The van der Waals surface area contributed by atoms with Crippen LogP contribution in [0.5, 0.6) is 5.75 Å². The Kier molecular flexibility index (Phi) is 11.3. The van der Waals surface area contributed by atoms with Gasteiger partial charge in [0.2, 0.25) is 0 Å². The van der Waals surface area contributed by atoms with Gasteiger partial charge in [-0.1, -0.05) is 71.6 Å². The zero-order valence-electron chi connectivity index (χ0n) is 17.3. The number of anilines is 1. The van der Waals surface area contributed by atoms with Gasteiger partial charge in [-0.15, -0.1) is 0 Å². The molecular weight excluding hydrogens is 352 g/mol. The quantitative estimate of drug-likeness (QED) is 0.246. The van der Waals surface area contributed by atoms with Crippen LogP contribution in [0.1, 0.15) is 90.9 Å². The SMILES string of the molecule is CCCCCCCCCCOc1ccc(N2NC=C(CCCCC)S2)cc1. The lowest BCUT2D eigenvalue weighted by atomic mass is 10.1. The lowest BCUT2D eigenvalue weighted by Gasteiger charge is -2.17. The highest BCUT2D eigenvalue weighted by atomic mass is 32.2. The molecule has 1 aromatic rings. The van der Waals surface area contributed by atoms with Crippen LogP contribution >= 0.6 is 11.9 Å². The van der Waals surface area contributed by atoms with E-state index in [2.05, 4.69) is 54.2 Å². The van der Waals surface area contributed by atoms with Gasteiger partial charge in [0.05, 0.1) is 12.3 Å². The molecule has 0 fully saturated rings. The Bertz CT molecular complexity index is 530. The van der Waals surface area contributed by atoms with E-state index >= 15 is 0 Å². The smallest absolute Gasteiger partial charge is 0.119 e. The van der Waals surface area contributed by atoms with E-state index < -0.39 is 0 Å². The second-order valence-electron chi connectivity index (χ2n) is 7.40. The fourth-order valence-electron chi connectivity index (χ4n) is 3.20. The summed E-state index contributed by atoms with van der Waals surface area (Å²) in [6, 6.07) is 8.42. The summed E-state index contributed by atoms with van der Waals surface area (Å²) in [7, 11) is 0. The van der Waals surface area contributed by atoms with Gasteiger partial charge in [0.1, 0.15) is 5.75 Å². The first-order chi connectivity index (χ1) is 13.3. The van der Waals surface area contributed by atoms with Crippen molar-refractivity contribution in [3.8, 4) is 5.75 Å². The molecule has 1 heterocycles. The fraction of sp³-hybridized carbons (Fsp3) is 0.652. The number of nitrogens with zero attached hydrogens (tertiary/aromatic N) is 1. The second-order valence-corrected chi connectivity index (χ2v) is 8.47. The molecule has 1 aliphatic heterocycles. The van der Waals surface area contributed by atoms with Gasteiger partial charge in [0.25, 0.3) is 0 Å². The maximum Gasteiger partial charge on any atom is 0.119 e. The number of ether oxygens (including phenoxy) is 1. The summed E-state index contributed by atoms with van der Waals surface area (Å²) in [5, 5.41) is 0. The van der Waals surface area contributed by atoms with Crippen molar-refractivity contribution in [1.29, 1.82) is 0 Å². The minimum Gasteiger partial charge on any atom is -0.494 e. The van der Waals surface area contributed by atoms with Crippen molar-refractivity contribution < 1.29 is 4.74 Å². The predicted molar refractivity (Wildman–Crippen MR) is 120 cm³/mol. The third-order valence-corrected chi connectivity index (χ3v) is 5.97. The van der Waals surface area contributed by atoms with Gasteiger partial charge in [-0.3, -0.25) is 5.43 Å². The Morgan fingerprint density at radius 3 is 2.15 bits per heavy atom. The van der Waals surface area contributed by atoms with Gasteiger partial charge in [-0.2, -0.15) is 0 Å². The molecule has 1 aromatic carbocycles. The Hall–Kier alpha value is -1.29. The predicted octanol–water partition coefficient (Wildman–Crippen LogP) is 7.60. The van der Waals surface area contributed by atoms with E-state index in [4.69, 9.17) is 4.74 Å². The Morgan fingerprint density at radius 1 is 0.815 bits per heavy atom. The van der Waals surface area contributed by atoms with Gasteiger partial charge in [0.15, 0.2) is 0 Å². The molecule has 0 unspecified atom stereocenters. The average Bonchev–Trinajstić information content (AvgIpc) is 3.16. The molecule has 0 aliphatic carbocycles. The zero-order chi connectivity index (χ0) is 19.2. The molecule has 0 bridgehead atoms. The van der Waals surface area contributed by atoms with Crippen molar-refractivity contribution in [1.82, 2.24) is 5.43 Å². The molecule has 27 heavy (non-hydrogen) atoms. The second kappa shape index (κ2) is 13.8. The van der Waals surface area contributed by atoms with Gasteiger partial charge in [-0.05, 0) is 43.5 Å². The molecule has 0 saturated carbocycles. The number of unbranched alkanes of at least 4 members (excludes halogenated alkanes) is 9. The highest BCUT2D eigenvalue weighted by Crippen LogP contribution is 2.33.